The molecule has 1 aliphatic rings. The summed E-state index contributed by atoms with van der Waals surface area (Å²) < 4.78 is 38.3. The number of thiophene rings is 1. The van der Waals surface area contributed by atoms with Crippen LogP contribution in [-0.4, -0.2) is 43.4 Å². The normalized spacial score (nSPS) is 17.6. The SMILES string of the molecule is CCOc1ccccc1OCc1csc(C(=O)c2cncnc2NC2CC[C@@H](COS(N)(=O)=O)C2)c1. The minimum absolute atomic E-state index is 0.0261. The average Bonchev–Trinajstić information content (AvgIpc) is 3.52. The zero-order chi connectivity index (χ0) is 25.5. The van der Waals surface area contributed by atoms with Gasteiger partial charge in [-0.25, -0.2) is 15.1 Å². The van der Waals surface area contributed by atoms with Gasteiger partial charge in [-0.2, -0.15) is 8.42 Å². The largest absolute Gasteiger partial charge is 0.490 e. The van der Waals surface area contributed by atoms with Gasteiger partial charge in [0.2, 0.25) is 5.78 Å². The predicted octanol–water partition coefficient (Wildman–Crippen LogP) is 3.55. The summed E-state index contributed by atoms with van der Waals surface area (Å²) in [5, 5.41) is 10.1. The highest BCUT2D eigenvalue weighted by Gasteiger charge is 2.28. The molecule has 3 N–H and O–H groups in total. The van der Waals surface area contributed by atoms with Gasteiger partial charge in [0.05, 0.1) is 23.7 Å². The lowest BCUT2D eigenvalue weighted by Gasteiger charge is -2.15. The first kappa shape index (κ1) is 26.0. The van der Waals surface area contributed by atoms with Crippen molar-refractivity contribution in [3.8, 4) is 11.5 Å². The molecular weight excluding hydrogens is 504 g/mol. The standard InChI is InChI=1S/C24H28N4O6S2/c1-2-32-20-5-3-4-6-21(20)33-12-17-10-22(35-14-17)23(29)19-11-26-15-27-24(19)28-18-8-7-16(9-18)13-34-36(25,30)31/h3-6,10-11,14-16,18H,2,7-9,12-13H2,1H3,(H2,25,30,31)(H,26,27,28)/t16-,18?/m1/s1. The Balaban J connectivity index is 1.38. The molecule has 36 heavy (non-hydrogen) atoms. The molecule has 0 amide bonds. The third-order valence-corrected chi connectivity index (χ3v) is 7.17. The van der Waals surface area contributed by atoms with Gasteiger partial charge in [-0.15, -0.1) is 11.3 Å². The van der Waals surface area contributed by atoms with Crippen molar-refractivity contribution in [3.05, 3.63) is 64.2 Å². The second-order valence-electron chi connectivity index (χ2n) is 8.40. The van der Waals surface area contributed by atoms with E-state index in [9.17, 15) is 13.2 Å². The van der Waals surface area contributed by atoms with Gasteiger partial charge < -0.3 is 14.8 Å². The number of nitrogens with one attached hydrogen (secondary N) is 1. The average molecular weight is 533 g/mol. The monoisotopic (exact) mass is 532 g/mol. The van der Waals surface area contributed by atoms with E-state index in [1.54, 1.807) is 0 Å². The van der Waals surface area contributed by atoms with Crippen molar-refractivity contribution in [2.24, 2.45) is 11.1 Å². The number of hydrogen-bond donors (Lipinski definition) is 2. The number of carbonyl (C=O) groups is 1. The van der Waals surface area contributed by atoms with Gasteiger partial charge in [-0.05, 0) is 55.7 Å². The van der Waals surface area contributed by atoms with Crippen LogP contribution in [0, 0.1) is 5.92 Å². The number of anilines is 1. The van der Waals surface area contributed by atoms with E-state index in [0.29, 0.717) is 47.4 Å². The number of nitrogens with zero attached hydrogens (tertiary/aromatic N) is 2. The van der Waals surface area contributed by atoms with Crippen molar-refractivity contribution in [3.63, 3.8) is 0 Å². The van der Waals surface area contributed by atoms with Gasteiger partial charge in [0.15, 0.2) is 11.5 Å². The number of carbonyl (C=O) groups excluding carboxylic acids is 1. The summed E-state index contributed by atoms with van der Waals surface area (Å²) in [6.45, 7) is 2.80. The lowest BCUT2D eigenvalue weighted by Crippen LogP contribution is -2.22. The maximum absolute atomic E-state index is 13.3. The second-order valence-corrected chi connectivity index (χ2v) is 10.5. The number of benzene rings is 1. The van der Waals surface area contributed by atoms with E-state index in [2.05, 4.69) is 15.3 Å². The Bertz CT molecular complexity index is 1300. The highest BCUT2D eigenvalue weighted by atomic mass is 32.2. The lowest BCUT2D eigenvalue weighted by atomic mass is 10.1. The number of hydrogen-bond acceptors (Lipinski definition) is 10. The van der Waals surface area contributed by atoms with E-state index < -0.39 is 10.3 Å². The molecule has 1 aromatic carbocycles. The van der Waals surface area contributed by atoms with Crippen molar-refractivity contribution in [2.75, 3.05) is 18.5 Å². The smallest absolute Gasteiger partial charge is 0.333 e. The van der Waals surface area contributed by atoms with Crippen molar-refractivity contribution < 1.29 is 26.9 Å². The zero-order valence-electron chi connectivity index (χ0n) is 19.8. The predicted molar refractivity (Wildman–Crippen MR) is 136 cm³/mol. The van der Waals surface area contributed by atoms with Crippen molar-refractivity contribution >= 4 is 33.2 Å². The maximum Gasteiger partial charge on any atom is 0.333 e. The summed E-state index contributed by atoms with van der Waals surface area (Å²) in [4.78, 5) is 22.2. The van der Waals surface area contributed by atoms with E-state index in [1.165, 1.54) is 23.9 Å². The quantitative estimate of drug-likeness (QED) is 0.335. The Kier molecular flexibility index (Phi) is 8.52. The van der Waals surface area contributed by atoms with Crippen LogP contribution in [0.5, 0.6) is 11.5 Å². The Morgan fingerprint density at radius 1 is 1.22 bits per heavy atom. The van der Waals surface area contributed by atoms with Crippen LogP contribution >= 0.6 is 11.3 Å². The van der Waals surface area contributed by atoms with Crippen molar-refractivity contribution in [1.29, 1.82) is 0 Å². The first-order chi connectivity index (χ1) is 17.3. The number of ketones is 1. The minimum Gasteiger partial charge on any atom is -0.490 e. The first-order valence-corrected chi connectivity index (χ1v) is 13.9. The summed E-state index contributed by atoms with van der Waals surface area (Å²) in [7, 11) is -3.96. The van der Waals surface area contributed by atoms with E-state index >= 15 is 0 Å². The molecule has 0 radical (unpaired) electrons. The minimum atomic E-state index is -3.96. The van der Waals surface area contributed by atoms with Crippen LogP contribution in [0.3, 0.4) is 0 Å². The molecule has 0 aliphatic heterocycles. The van der Waals surface area contributed by atoms with Gasteiger partial charge in [0, 0.05) is 17.8 Å². The fraction of sp³-hybridized carbons (Fsp3) is 0.375. The van der Waals surface area contributed by atoms with Crippen LogP contribution in [-0.2, 0) is 21.1 Å². The molecular formula is C24H28N4O6S2. The molecule has 1 aliphatic carbocycles. The second kappa shape index (κ2) is 11.8. The molecule has 2 heterocycles. The fourth-order valence-electron chi connectivity index (χ4n) is 4.06. The Labute approximate surface area is 214 Å². The number of ether oxygens (including phenoxy) is 2. The fourth-order valence-corrected chi connectivity index (χ4v) is 5.29. The van der Waals surface area contributed by atoms with Crippen LogP contribution < -0.4 is 19.9 Å². The molecule has 1 unspecified atom stereocenters. The summed E-state index contributed by atoms with van der Waals surface area (Å²) in [6, 6.07) is 9.30. The van der Waals surface area contributed by atoms with Gasteiger partial charge in [0.25, 0.3) is 0 Å². The van der Waals surface area contributed by atoms with Crippen LogP contribution in [0.15, 0.2) is 48.2 Å². The summed E-state index contributed by atoms with van der Waals surface area (Å²) in [6.07, 6.45) is 5.14. The Morgan fingerprint density at radius 2 is 2.00 bits per heavy atom. The van der Waals surface area contributed by atoms with Crippen LogP contribution in [0.4, 0.5) is 5.82 Å². The van der Waals surface area contributed by atoms with Crippen LogP contribution in [0.2, 0.25) is 0 Å². The van der Waals surface area contributed by atoms with E-state index in [1.807, 2.05) is 42.6 Å². The molecule has 3 aromatic rings. The molecule has 192 valence electrons. The topological polar surface area (TPSA) is 143 Å². The number of rotatable bonds is 12. The lowest BCUT2D eigenvalue weighted by molar-refractivity contribution is 0.104. The molecule has 10 nitrogen and oxygen atoms in total. The zero-order valence-corrected chi connectivity index (χ0v) is 21.4. The van der Waals surface area contributed by atoms with Crippen molar-refractivity contribution in [1.82, 2.24) is 9.97 Å². The summed E-state index contributed by atoms with van der Waals surface area (Å²) in [5.74, 6) is 1.63. The van der Waals surface area contributed by atoms with Crippen molar-refractivity contribution in [2.45, 2.75) is 38.8 Å². The molecule has 1 saturated carbocycles. The third-order valence-electron chi connectivity index (χ3n) is 5.73. The van der Waals surface area contributed by atoms with E-state index in [4.69, 9.17) is 18.8 Å². The van der Waals surface area contributed by atoms with Gasteiger partial charge in [-0.3, -0.25) is 8.98 Å². The summed E-state index contributed by atoms with van der Waals surface area (Å²) in [5.41, 5.74) is 1.24. The number of nitrogens with two attached hydrogens (primary N) is 1. The first-order valence-electron chi connectivity index (χ1n) is 11.5. The molecule has 0 spiro atoms. The molecule has 12 heteroatoms. The van der Waals surface area contributed by atoms with Crippen LogP contribution in [0.25, 0.3) is 0 Å². The molecule has 2 atom stereocenters. The van der Waals surface area contributed by atoms with Gasteiger partial charge >= 0.3 is 10.3 Å². The molecule has 4 rings (SSSR count). The Hall–Kier alpha value is -3.06. The van der Waals surface area contributed by atoms with Crippen LogP contribution in [0.1, 0.15) is 47.0 Å². The van der Waals surface area contributed by atoms with Gasteiger partial charge in [0.1, 0.15) is 18.8 Å². The van der Waals surface area contributed by atoms with E-state index in [-0.39, 0.29) is 24.3 Å². The summed E-state index contributed by atoms with van der Waals surface area (Å²) >= 11 is 1.33. The molecule has 0 bridgehead atoms. The highest BCUT2D eigenvalue weighted by Crippen LogP contribution is 2.31. The third kappa shape index (κ3) is 7.00. The van der Waals surface area contributed by atoms with Gasteiger partial charge in [-0.1, -0.05) is 12.1 Å². The molecule has 1 fully saturated rings. The van der Waals surface area contributed by atoms with E-state index in [0.717, 1.165) is 18.4 Å². The molecule has 0 saturated heterocycles. The maximum atomic E-state index is 13.3. The Morgan fingerprint density at radius 3 is 2.75 bits per heavy atom. The highest BCUT2D eigenvalue weighted by molar-refractivity contribution is 7.84. The number of para-hydroxylation sites is 2. The molecule has 2 aromatic heterocycles. The number of aromatic nitrogens is 2.